The fraction of sp³-hybridized carbons (Fsp3) is 0.312. The minimum absolute atomic E-state index is 0.505. The van der Waals surface area contributed by atoms with Gasteiger partial charge in [-0.15, -0.1) is 0 Å². The van der Waals surface area contributed by atoms with Gasteiger partial charge in [0.1, 0.15) is 16.8 Å². The summed E-state index contributed by atoms with van der Waals surface area (Å²) in [6.07, 6.45) is 1.12. The van der Waals surface area contributed by atoms with Crippen LogP contribution in [0.2, 0.25) is 0 Å². The Labute approximate surface area is 127 Å². The van der Waals surface area contributed by atoms with Crippen molar-refractivity contribution in [2.24, 2.45) is 0 Å². The molecule has 0 saturated heterocycles. The molecule has 0 saturated carbocycles. The average molecular weight is 296 g/mol. The maximum Gasteiger partial charge on any atom is 0.213 e. The topological polar surface area (TPSA) is 54.0 Å². The number of nitrogens with zero attached hydrogens (tertiary/aromatic N) is 4. The number of benzene rings is 1. The summed E-state index contributed by atoms with van der Waals surface area (Å²) in [5.74, 6) is 0.546. The number of nitriles is 1. The zero-order chi connectivity index (χ0) is 15.0. The molecule has 0 aliphatic carbocycles. The van der Waals surface area contributed by atoms with Crippen molar-refractivity contribution in [1.82, 2.24) is 14.6 Å². The van der Waals surface area contributed by atoms with E-state index < -0.39 is 0 Å². The molecule has 2 aromatic heterocycles. The minimum atomic E-state index is 0.505. The first kappa shape index (κ1) is 13.8. The summed E-state index contributed by atoms with van der Waals surface area (Å²) in [7, 11) is 0. The van der Waals surface area contributed by atoms with Gasteiger partial charge in [-0.2, -0.15) is 14.9 Å². The second-order valence-electron chi connectivity index (χ2n) is 5.17. The third-order valence-corrected chi connectivity index (χ3v) is 4.60. The van der Waals surface area contributed by atoms with E-state index in [0.717, 1.165) is 22.0 Å². The Bertz CT molecular complexity index is 820. The molecule has 0 radical (unpaired) electrons. The zero-order valence-corrected chi connectivity index (χ0v) is 13.1. The molecule has 3 aromatic rings. The molecule has 1 atom stereocenters. The zero-order valence-electron chi connectivity index (χ0n) is 12.3. The highest BCUT2D eigenvalue weighted by Crippen LogP contribution is 2.28. The molecule has 0 aliphatic heterocycles. The first-order valence-corrected chi connectivity index (χ1v) is 7.82. The van der Waals surface area contributed by atoms with Crippen molar-refractivity contribution in [3.63, 3.8) is 0 Å². The molecule has 4 nitrogen and oxygen atoms in total. The van der Waals surface area contributed by atoms with Crippen molar-refractivity contribution >= 4 is 16.3 Å². The first-order valence-electron chi connectivity index (χ1n) is 7.00. The van der Waals surface area contributed by atoms with Crippen molar-refractivity contribution in [3.8, 4) is 17.3 Å². The molecule has 21 heavy (non-hydrogen) atoms. The summed E-state index contributed by atoms with van der Waals surface area (Å²) in [6.45, 7) is 6.32. The molecule has 0 bridgehead atoms. The number of rotatable bonds is 3. The summed E-state index contributed by atoms with van der Waals surface area (Å²) in [5, 5.41) is 14.7. The number of imidazole rings is 1. The van der Waals surface area contributed by atoms with Gasteiger partial charge in [-0.25, -0.2) is 4.98 Å². The molecule has 0 N–H and O–H groups in total. The molecule has 1 aromatic carbocycles. The highest BCUT2D eigenvalue weighted by molar-refractivity contribution is 7.16. The summed E-state index contributed by atoms with van der Waals surface area (Å²) < 4.78 is 1.64. The van der Waals surface area contributed by atoms with Crippen LogP contribution in [0.15, 0.2) is 24.3 Å². The van der Waals surface area contributed by atoms with Crippen LogP contribution in [0.5, 0.6) is 0 Å². The Morgan fingerprint density at radius 2 is 2.05 bits per heavy atom. The number of aromatic nitrogens is 3. The van der Waals surface area contributed by atoms with Crippen LogP contribution in [0.4, 0.5) is 0 Å². The van der Waals surface area contributed by atoms with Crippen LogP contribution in [0.3, 0.4) is 0 Å². The number of hydrogen-bond acceptors (Lipinski definition) is 4. The molecule has 0 spiro atoms. The van der Waals surface area contributed by atoms with E-state index in [0.29, 0.717) is 17.3 Å². The van der Waals surface area contributed by atoms with Gasteiger partial charge in [-0.3, -0.25) is 0 Å². The molecule has 1 unspecified atom stereocenters. The summed E-state index contributed by atoms with van der Waals surface area (Å²) >= 11 is 1.50. The molecular weight excluding hydrogens is 280 g/mol. The second-order valence-corrected chi connectivity index (χ2v) is 6.33. The van der Waals surface area contributed by atoms with Crippen molar-refractivity contribution in [2.45, 2.75) is 33.1 Å². The molecule has 0 fully saturated rings. The van der Waals surface area contributed by atoms with Gasteiger partial charge in [0.25, 0.3) is 0 Å². The molecule has 0 aliphatic rings. The predicted molar refractivity (Wildman–Crippen MR) is 84.5 cm³/mol. The third-order valence-electron chi connectivity index (χ3n) is 3.78. The maximum atomic E-state index is 9.41. The molecule has 3 rings (SSSR count). The predicted octanol–water partition coefficient (Wildman–Crippen LogP) is 4.15. The van der Waals surface area contributed by atoms with E-state index in [1.54, 1.807) is 4.52 Å². The van der Waals surface area contributed by atoms with Gasteiger partial charge in [0.15, 0.2) is 5.69 Å². The Hall–Kier alpha value is -2.19. The van der Waals surface area contributed by atoms with Crippen LogP contribution >= 0.6 is 11.3 Å². The van der Waals surface area contributed by atoms with Crippen molar-refractivity contribution in [2.75, 3.05) is 0 Å². The van der Waals surface area contributed by atoms with Crippen LogP contribution in [0.1, 0.15) is 42.5 Å². The van der Waals surface area contributed by atoms with E-state index in [9.17, 15) is 5.26 Å². The van der Waals surface area contributed by atoms with Crippen LogP contribution in [-0.2, 0) is 0 Å². The lowest BCUT2D eigenvalue weighted by Gasteiger charge is -2.09. The van der Waals surface area contributed by atoms with Crippen molar-refractivity contribution in [1.29, 1.82) is 5.26 Å². The van der Waals surface area contributed by atoms with E-state index in [-0.39, 0.29) is 0 Å². The minimum Gasteiger partial charge on any atom is -0.216 e. The molecule has 2 heterocycles. The van der Waals surface area contributed by atoms with Crippen LogP contribution in [0, 0.1) is 18.3 Å². The third kappa shape index (κ3) is 2.32. The average Bonchev–Trinajstić information content (AvgIpc) is 3.02. The first-order chi connectivity index (χ1) is 10.1. The smallest absolute Gasteiger partial charge is 0.213 e. The Morgan fingerprint density at radius 1 is 1.33 bits per heavy atom. The molecule has 106 valence electrons. The molecular formula is C16H16N4S. The highest BCUT2D eigenvalue weighted by Gasteiger charge is 2.17. The van der Waals surface area contributed by atoms with E-state index in [1.165, 1.54) is 16.9 Å². The fourth-order valence-electron chi connectivity index (χ4n) is 2.35. The molecule has 5 heteroatoms. The largest absolute Gasteiger partial charge is 0.216 e. The Morgan fingerprint density at radius 3 is 2.67 bits per heavy atom. The summed E-state index contributed by atoms with van der Waals surface area (Å²) in [6, 6.07) is 10.6. The monoisotopic (exact) mass is 296 g/mol. The van der Waals surface area contributed by atoms with Gasteiger partial charge in [-0.05, 0) is 24.8 Å². The maximum absolute atomic E-state index is 9.41. The van der Waals surface area contributed by atoms with E-state index >= 15 is 0 Å². The van der Waals surface area contributed by atoms with Crippen LogP contribution < -0.4 is 0 Å². The van der Waals surface area contributed by atoms with E-state index in [2.05, 4.69) is 42.1 Å². The summed E-state index contributed by atoms with van der Waals surface area (Å²) in [4.78, 5) is 5.33. The lowest BCUT2D eigenvalue weighted by atomic mass is 9.97. The van der Waals surface area contributed by atoms with E-state index in [1.807, 2.05) is 19.1 Å². The summed E-state index contributed by atoms with van der Waals surface area (Å²) in [5.41, 5.74) is 3.50. The lowest BCUT2D eigenvalue weighted by molar-refractivity contribution is 0.734. The Balaban J connectivity index is 2.08. The van der Waals surface area contributed by atoms with Crippen molar-refractivity contribution in [3.05, 3.63) is 40.5 Å². The molecule has 0 amide bonds. The van der Waals surface area contributed by atoms with E-state index in [4.69, 9.17) is 0 Å². The number of fused-ring (bicyclic) bond motifs is 1. The Kier molecular flexibility index (Phi) is 3.48. The fourth-order valence-corrected chi connectivity index (χ4v) is 3.09. The van der Waals surface area contributed by atoms with Gasteiger partial charge in [0.05, 0.1) is 0 Å². The van der Waals surface area contributed by atoms with Crippen LogP contribution in [0.25, 0.3) is 16.2 Å². The number of hydrogen-bond donors (Lipinski definition) is 0. The van der Waals surface area contributed by atoms with Gasteiger partial charge in [-0.1, -0.05) is 49.4 Å². The quantitative estimate of drug-likeness (QED) is 0.729. The SMILES string of the molecule is CCC(C)c1ccc(-c2nc3sc(C)nn3c2C#N)cc1. The van der Waals surface area contributed by atoms with Gasteiger partial charge in [0, 0.05) is 5.56 Å². The van der Waals surface area contributed by atoms with Crippen molar-refractivity contribution < 1.29 is 0 Å². The standard InChI is InChI=1S/C16H16N4S/c1-4-10(2)12-5-7-13(8-6-12)15-14(9-17)20-16(18-15)21-11(3)19-20/h5-8,10H,4H2,1-3H3. The second kappa shape index (κ2) is 5.30. The normalized spacial score (nSPS) is 12.5. The van der Waals surface area contributed by atoms with Crippen LogP contribution in [-0.4, -0.2) is 14.6 Å². The van der Waals surface area contributed by atoms with Gasteiger partial charge in [0.2, 0.25) is 4.96 Å². The lowest BCUT2D eigenvalue weighted by Crippen LogP contribution is -1.93. The number of aryl methyl sites for hydroxylation is 1. The van der Waals surface area contributed by atoms with Gasteiger partial charge >= 0.3 is 0 Å². The highest BCUT2D eigenvalue weighted by atomic mass is 32.1. The van der Waals surface area contributed by atoms with Gasteiger partial charge < -0.3 is 0 Å².